The molecule has 0 aromatic carbocycles. The van der Waals surface area contributed by atoms with Crippen LogP contribution in [0.2, 0.25) is 0 Å². The third-order valence-corrected chi connectivity index (χ3v) is 3.43. The number of hydroxylamine groups is 4. The molecule has 20 heavy (non-hydrogen) atoms. The van der Waals surface area contributed by atoms with E-state index in [0.29, 0.717) is 25.9 Å². The summed E-state index contributed by atoms with van der Waals surface area (Å²) in [6.07, 6.45) is 4.79. The summed E-state index contributed by atoms with van der Waals surface area (Å²) in [6.45, 7) is 0.754. The van der Waals surface area contributed by atoms with Gasteiger partial charge < -0.3 is 9.68 Å². The zero-order valence-electron chi connectivity index (χ0n) is 11.5. The zero-order valence-corrected chi connectivity index (χ0v) is 11.5. The molecule has 7 heteroatoms. The van der Waals surface area contributed by atoms with E-state index in [-0.39, 0.29) is 11.8 Å². The van der Waals surface area contributed by atoms with E-state index in [0.717, 1.165) is 48.7 Å². The molecule has 0 bridgehead atoms. The van der Waals surface area contributed by atoms with Crippen molar-refractivity contribution in [2.75, 3.05) is 13.1 Å². The van der Waals surface area contributed by atoms with E-state index in [1.54, 1.807) is 0 Å². The summed E-state index contributed by atoms with van der Waals surface area (Å²) in [6, 6.07) is 0. The van der Waals surface area contributed by atoms with E-state index >= 15 is 0 Å². The Morgan fingerprint density at radius 1 is 0.750 bits per heavy atom. The van der Waals surface area contributed by atoms with E-state index in [1.165, 1.54) is 0 Å². The van der Waals surface area contributed by atoms with E-state index in [2.05, 4.69) is 0 Å². The van der Waals surface area contributed by atoms with Gasteiger partial charge in [0.2, 0.25) is 0 Å². The van der Waals surface area contributed by atoms with E-state index < -0.39 is 6.16 Å². The highest BCUT2D eigenvalue weighted by atomic mass is 16.9. The minimum absolute atomic E-state index is 0.221. The molecule has 0 aromatic heterocycles. The molecule has 2 amide bonds. The molecule has 0 N–H and O–H groups in total. The number of hydrogen-bond donors (Lipinski definition) is 0. The molecule has 0 atom stereocenters. The van der Waals surface area contributed by atoms with Crippen molar-refractivity contribution in [3.8, 4) is 0 Å². The topological polar surface area (TPSA) is 76.2 Å². The Balaban J connectivity index is 1.84. The van der Waals surface area contributed by atoms with Gasteiger partial charge in [-0.15, -0.1) is 0 Å². The number of amides is 2. The van der Waals surface area contributed by atoms with Gasteiger partial charge in [0, 0.05) is 12.8 Å². The van der Waals surface area contributed by atoms with Crippen LogP contribution in [0.5, 0.6) is 0 Å². The van der Waals surface area contributed by atoms with Gasteiger partial charge in [-0.2, -0.15) is 14.9 Å². The summed E-state index contributed by atoms with van der Waals surface area (Å²) < 4.78 is 0. The average Bonchev–Trinajstić information content (AvgIpc) is 2.73. The lowest BCUT2D eigenvalue weighted by atomic mass is 10.2. The molecule has 2 aliphatic heterocycles. The highest BCUT2D eigenvalue weighted by molar-refractivity contribution is 5.78. The first-order valence-corrected chi connectivity index (χ1v) is 7.17. The summed E-state index contributed by atoms with van der Waals surface area (Å²) in [5, 5.41) is 2.08. The van der Waals surface area contributed by atoms with Crippen molar-refractivity contribution in [3.05, 3.63) is 0 Å². The maximum absolute atomic E-state index is 11.7. The predicted octanol–water partition coefficient (Wildman–Crippen LogP) is 1.77. The van der Waals surface area contributed by atoms with Gasteiger partial charge in [0.15, 0.2) is 0 Å². The molecule has 0 radical (unpaired) electrons. The summed E-state index contributed by atoms with van der Waals surface area (Å²) in [4.78, 5) is 44.8. The monoisotopic (exact) mass is 284 g/mol. The minimum atomic E-state index is -1.02. The van der Waals surface area contributed by atoms with Crippen molar-refractivity contribution in [1.82, 2.24) is 10.1 Å². The zero-order chi connectivity index (χ0) is 14.4. The fourth-order valence-corrected chi connectivity index (χ4v) is 2.31. The molecule has 0 aromatic rings. The second kappa shape index (κ2) is 7.12. The van der Waals surface area contributed by atoms with Crippen molar-refractivity contribution in [3.63, 3.8) is 0 Å². The van der Waals surface area contributed by atoms with Crippen LogP contribution < -0.4 is 0 Å². The molecule has 112 valence electrons. The number of nitrogens with zero attached hydrogens (tertiary/aromatic N) is 2. The quantitative estimate of drug-likeness (QED) is 0.772. The number of carbonyl (C=O) groups is 3. The Morgan fingerprint density at radius 2 is 1.20 bits per heavy atom. The molecule has 2 saturated heterocycles. The summed E-state index contributed by atoms with van der Waals surface area (Å²) >= 11 is 0. The van der Waals surface area contributed by atoms with Crippen molar-refractivity contribution in [2.45, 2.75) is 51.4 Å². The second-order valence-electron chi connectivity index (χ2n) is 5.05. The van der Waals surface area contributed by atoms with Crippen LogP contribution in [0.25, 0.3) is 0 Å². The van der Waals surface area contributed by atoms with Crippen LogP contribution in [0.1, 0.15) is 51.4 Å². The Morgan fingerprint density at radius 3 is 1.65 bits per heavy atom. The van der Waals surface area contributed by atoms with Crippen molar-refractivity contribution >= 4 is 18.0 Å². The molecule has 0 aliphatic carbocycles. The summed E-state index contributed by atoms with van der Waals surface area (Å²) in [7, 11) is 0. The van der Waals surface area contributed by atoms with Gasteiger partial charge in [-0.25, -0.2) is 0 Å². The van der Waals surface area contributed by atoms with Crippen molar-refractivity contribution in [2.24, 2.45) is 0 Å². The molecule has 2 fully saturated rings. The van der Waals surface area contributed by atoms with Crippen LogP contribution in [0.15, 0.2) is 0 Å². The van der Waals surface area contributed by atoms with Crippen LogP contribution in [0.4, 0.5) is 4.79 Å². The first kappa shape index (κ1) is 14.6. The molecule has 7 nitrogen and oxygen atoms in total. The second-order valence-corrected chi connectivity index (χ2v) is 5.05. The highest BCUT2D eigenvalue weighted by Gasteiger charge is 2.26. The van der Waals surface area contributed by atoms with Crippen LogP contribution >= 0.6 is 0 Å². The molecular formula is C13H20N2O5. The normalized spacial score (nSPS) is 21.2. The molecule has 0 spiro atoms. The summed E-state index contributed by atoms with van der Waals surface area (Å²) in [5.74, 6) is -0.441. The lowest BCUT2D eigenvalue weighted by molar-refractivity contribution is -0.200. The van der Waals surface area contributed by atoms with Crippen LogP contribution in [-0.2, 0) is 19.3 Å². The number of hydrogen-bond acceptors (Lipinski definition) is 5. The van der Waals surface area contributed by atoms with Gasteiger partial charge >= 0.3 is 6.16 Å². The van der Waals surface area contributed by atoms with Gasteiger partial charge in [-0.1, -0.05) is 12.8 Å². The van der Waals surface area contributed by atoms with E-state index in [4.69, 9.17) is 9.68 Å². The first-order chi connectivity index (χ1) is 9.66. The minimum Gasteiger partial charge on any atom is -0.301 e. The third-order valence-electron chi connectivity index (χ3n) is 3.43. The maximum atomic E-state index is 11.7. The SMILES string of the molecule is O=C(ON1CCCCCC1=O)ON1CCCCCC1=O. The fraction of sp³-hybridized carbons (Fsp3) is 0.769. The van der Waals surface area contributed by atoms with Crippen LogP contribution in [0.3, 0.4) is 0 Å². The average molecular weight is 284 g/mol. The van der Waals surface area contributed by atoms with Gasteiger partial charge in [-0.05, 0) is 25.7 Å². The van der Waals surface area contributed by atoms with Crippen molar-refractivity contribution in [1.29, 1.82) is 0 Å². The van der Waals surface area contributed by atoms with E-state index in [9.17, 15) is 14.4 Å². The van der Waals surface area contributed by atoms with Crippen molar-refractivity contribution < 1.29 is 24.1 Å². The lowest BCUT2D eigenvalue weighted by Crippen LogP contribution is -2.38. The molecule has 0 unspecified atom stereocenters. The fourth-order valence-electron chi connectivity index (χ4n) is 2.31. The van der Waals surface area contributed by atoms with Gasteiger partial charge in [0.05, 0.1) is 13.1 Å². The Labute approximate surface area is 117 Å². The van der Waals surface area contributed by atoms with Crippen LogP contribution in [0, 0.1) is 0 Å². The van der Waals surface area contributed by atoms with Crippen LogP contribution in [-0.4, -0.2) is 41.2 Å². The Kier molecular flexibility index (Phi) is 5.20. The summed E-state index contributed by atoms with van der Waals surface area (Å²) in [5.41, 5.74) is 0. The first-order valence-electron chi connectivity index (χ1n) is 7.17. The third kappa shape index (κ3) is 4.11. The maximum Gasteiger partial charge on any atom is 0.559 e. The molecule has 2 heterocycles. The lowest BCUT2D eigenvalue weighted by Gasteiger charge is -2.22. The highest BCUT2D eigenvalue weighted by Crippen LogP contribution is 2.14. The van der Waals surface area contributed by atoms with Gasteiger partial charge in [-0.3, -0.25) is 9.59 Å². The predicted molar refractivity (Wildman–Crippen MR) is 67.9 cm³/mol. The molecule has 2 rings (SSSR count). The van der Waals surface area contributed by atoms with E-state index in [1.807, 2.05) is 0 Å². The molecule has 0 saturated carbocycles. The Bertz CT molecular complexity index is 351. The largest absolute Gasteiger partial charge is 0.559 e. The number of rotatable bonds is 2. The van der Waals surface area contributed by atoms with Gasteiger partial charge in [0.1, 0.15) is 0 Å². The number of carbonyl (C=O) groups excluding carboxylic acids is 3. The Hall–Kier alpha value is -1.79. The smallest absolute Gasteiger partial charge is 0.301 e. The van der Waals surface area contributed by atoms with Gasteiger partial charge in [0.25, 0.3) is 11.8 Å². The molecule has 2 aliphatic rings. The molecular weight excluding hydrogens is 264 g/mol. The standard InChI is InChI=1S/C13H20N2O5/c16-11-7-3-1-5-9-14(11)19-13(18)20-15-10-6-2-4-8-12(15)17/h1-10H2.